The zero-order valence-corrected chi connectivity index (χ0v) is 25.7. The van der Waals surface area contributed by atoms with Crippen LogP contribution in [0.3, 0.4) is 0 Å². The average Bonchev–Trinajstić information content (AvgIpc) is 2.92. The SMILES string of the molecule is CCCCNC(=O)[C@H](Cc1ccccc1)N(Cc1c(Cl)cccc1Cl)C(=O)CN(c1ccc(F)c(Cl)c1)S(C)(=O)=O. The van der Waals surface area contributed by atoms with Gasteiger partial charge in [-0.3, -0.25) is 13.9 Å². The van der Waals surface area contributed by atoms with Gasteiger partial charge in [-0.2, -0.15) is 0 Å². The number of anilines is 1. The highest BCUT2D eigenvalue weighted by Crippen LogP contribution is 2.29. The third-order valence-electron chi connectivity index (χ3n) is 6.36. The fourth-order valence-electron chi connectivity index (χ4n) is 4.17. The van der Waals surface area contributed by atoms with Crippen molar-refractivity contribution in [3.8, 4) is 0 Å². The van der Waals surface area contributed by atoms with Crippen molar-refractivity contribution in [2.75, 3.05) is 23.7 Å². The van der Waals surface area contributed by atoms with Crippen LogP contribution in [0.2, 0.25) is 15.1 Å². The van der Waals surface area contributed by atoms with Gasteiger partial charge in [-0.05, 0) is 42.3 Å². The number of nitrogens with one attached hydrogen (secondary N) is 1. The summed E-state index contributed by atoms with van der Waals surface area (Å²) in [5.74, 6) is -1.84. The molecule has 0 saturated heterocycles. The topological polar surface area (TPSA) is 86.8 Å². The van der Waals surface area contributed by atoms with Gasteiger partial charge in [0.05, 0.1) is 17.0 Å². The van der Waals surface area contributed by atoms with Crippen LogP contribution < -0.4 is 9.62 Å². The van der Waals surface area contributed by atoms with Gasteiger partial charge in [0.25, 0.3) is 0 Å². The van der Waals surface area contributed by atoms with Crippen LogP contribution in [0.4, 0.5) is 10.1 Å². The highest BCUT2D eigenvalue weighted by molar-refractivity contribution is 7.92. The van der Waals surface area contributed by atoms with Gasteiger partial charge in [-0.1, -0.05) is 84.5 Å². The van der Waals surface area contributed by atoms with Crippen LogP contribution in [0.25, 0.3) is 0 Å². The summed E-state index contributed by atoms with van der Waals surface area (Å²) in [4.78, 5) is 28.9. The predicted octanol–water partition coefficient (Wildman–Crippen LogP) is 6.11. The summed E-state index contributed by atoms with van der Waals surface area (Å²) in [5, 5.41) is 3.15. The highest BCUT2D eigenvalue weighted by Gasteiger charge is 2.33. The van der Waals surface area contributed by atoms with Crippen LogP contribution >= 0.6 is 34.8 Å². The molecule has 2 amide bonds. The predicted molar refractivity (Wildman–Crippen MR) is 162 cm³/mol. The number of nitrogens with zero attached hydrogens (tertiary/aromatic N) is 2. The molecule has 0 aliphatic carbocycles. The number of benzene rings is 3. The van der Waals surface area contributed by atoms with Crippen molar-refractivity contribution in [1.29, 1.82) is 0 Å². The minimum absolute atomic E-state index is 0.00465. The standard InChI is InChI=1S/C29H31Cl3FN3O4S/c1-3-4-15-34-29(38)27(16-20-9-6-5-7-10-20)35(18-22-23(30)11-8-12-24(22)31)28(37)19-36(41(2,39)40)21-13-14-26(33)25(32)17-21/h5-14,17,27H,3-4,15-16,18-19H2,1-2H3,(H,34,38)/t27-/m0/s1. The van der Waals surface area contributed by atoms with Crippen LogP contribution in [0.1, 0.15) is 30.9 Å². The lowest BCUT2D eigenvalue weighted by molar-refractivity contribution is -0.140. The third-order valence-corrected chi connectivity index (χ3v) is 8.50. The quantitative estimate of drug-likeness (QED) is 0.228. The number of carbonyl (C=O) groups is 2. The monoisotopic (exact) mass is 641 g/mol. The van der Waals surface area contributed by atoms with Crippen LogP contribution in [-0.2, 0) is 32.6 Å². The van der Waals surface area contributed by atoms with E-state index in [1.165, 1.54) is 11.0 Å². The van der Waals surface area contributed by atoms with Crippen molar-refractivity contribution in [2.45, 2.75) is 38.8 Å². The van der Waals surface area contributed by atoms with Gasteiger partial charge in [-0.15, -0.1) is 0 Å². The zero-order valence-electron chi connectivity index (χ0n) is 22.6. The first kappa shape index (κ1) is 32.7. The molecule has 41 heavy (non-hydrogen) atoms. The molecule has 0 fully saturated rings. The van der Waals surface area contributed by atoms with Gasteiger partial charge in [0.1, 0.15) is 18.4 Å². The van der Waals surface area contributed by atoms with Gasteiger partial charge >= 0.3 is 0 Å². The van der Waals surface area contributed by atoms with Crippen molar-refractivity contribution >= 4 is 62.3 Å². The number of sulfonamides is 1. The third kappa shape index (κ3) is 9.07. The smallest absolute Gasteiger partial charge is 0.244 e. The van der Waals surface area contributed by atoms with E-state index in [-0.39, 0.29) is 33.7 Å². The van der Waals surface area contributed by atoms with E-state index >= 15 is 0 Å². The van der Waals surface area contributed by atoms with E-state index in [0.717, 1.165) is 41.1 Å². The Kier molecular flexibility index (Phi) is 11.8. The maximum atomic E-state index is 14.1. The summed E-state index contributed by atoms with van der Waals surface area (Å²) in [6.45, 7) is 1.54. The maximum absolute atomic E-state index is 14.1. The number of halogens is 4. The Hall–Kier alpha value is -2.85. The molecule has 0 radical (unpaired) electrons. The largest absolute Gasteiger partial charge is 0.354 e. The van der Waals surface area contributed by atoms with Gasteiger partial charge < -0.3 is 10.2 Å². The fourth-order valence-corrected chi connectivity index (χ4v) is 5.70. The van der Waals surface area contributed by atoms with E-state index < -0.39 is 40.2 Å². The number of carbonyl (C=O) groups excluding carboxylic acids is 2. The lowest BCUT2D eigenvalue weighted by atomic mass is 10.0. The Morgan fingerprint density at radius 1 is 0.951 bits per heavy atom. The van der Waals surface area contributed by atoms with Gasteiger partial charge in [0.2, 0.25) is 21.8 Å². The van der Waals surface area contributed by atoms with E-state index in [1.54, 1.807) is 18.2 Å². The summed E-state index contributed by atoms with van der Waals surface area (Å²) in [7, 11) is -4.04. The lowest BCUT2D eigenvalue weighted by Gasteiger charge is -2.34. The Bertz CT molecular complexity index is 1460. The molecule has 3 aromatic rings. The number of amides is 2. The first-order valence-electron chi connectivity index (χ1n) is 12.9. The van der Waals surface area contributed by atoms with Crippen molar-refractivity contribution in [1.82, 2.24) is 10.2 Å². The van der Waals surface area contributed by atoms with Crippen molar-refractivity contribution in [3.63, 3.8) is 0 Å². The lowest BCUT2D eigenvalue weighted by Crippen LogP contribution is -2.53. The molecule has 0 aromatic heterocycles. The highest BCUT2D eigenvalue weighted by atomic mass is 35.5. The molecule has 0 aliphatic heterocycles. The average molecular weight is 643 g/mol. The van der Waals surface area contributed by atoms with E-state index in [1.807, 2.05) is 37.3 Å². The molecule has 0 aliphatic rings. The Morgan fingerprint density at radius 3 is 2.20 bits per heavy atom. The Labute approximate surface area is 255 Å². The van der Waals surface area contributed by atoms with E-state index in [2.05, 4.69) is 5.32 Å². The van der Waals surface area contributed by atoms with Crippen LogP contribution in [0.15, 0.2) is 66.7 Å². The van der Waals surface area contributed by atoms with E-state index in [9.17, 15) is 22.4 Å². The molecule has 0 bridgehead atoms. The van der Waals surface area contributed by atoms with Crippen molar-refractivity contribution in [3.05, 3.63) is 98.7 Å². The minimum Gasteiger partial charge on any atom is -0.354 e. The first-order chi connectivity index (χ1) is 19.4. The molecular weight excluding hydrogens is 612 g/mol. The molecule has 1 atom stereocenters. The maximum Gasteiger partial charge on any atom is 0.244 e. The van der Waals surface area contributed by atoms with Gasteiger partial charge in [0, 0.05) is 35.1 Å². The second-order valence-electron chi connectivity index (χ2n) is 9.44. The molecule has 0 heterocycles. The molecule has 0 saturated carbocycles. The number of hydrogen-bond acceptors (Lipinski definition) is 4. The summed E-state index contributed by atoms with van der Waals surface area (Å²) in [6.07, 6.45) is 2.66. The summed E-state index contributed by atoms with van der Waals surface area (Å²) in [5.41, 5.74) is 1.19. The Morgan fingerprint density at radius 2 is 1.61 bits per heavy atom. The van der Waals surface area contributed by atoms with Gasteiger partial charge in [-0.25, -0.2) is 12.8 Å². The number of hydrogen-bond donors (Lipinski definition) is 1. The number of unbranched alkanes of at least 4 members (excludes halogenated alkanes) is 1. The minimum atomic E-state index is -4.04. The first-order valence-corrected chi connectivity index (χ1v) is 15.9. The molecule has 0 spiro atoms. The van der Waals surface area contributed by atoms with E-state index in [0.29, 0.717) is 12.1 Å². The molecule has 7 nitrogen and oxygen atoms in total. The van der Waals surface area contributed by atoms with Crippen LogP contribution in [0.5, 0.6) is 0 Å². The van der Waals surface area contributed by atoms with Gasteiger partial charge in [0.15, 0.2) is 0 Å². The Balaban J connectivity index is 2.09. The summed E-state index contributed by atoms with van der Waals surface area (Å²) >= 11 is 18.8. The molecular formula is C29H31Cl3FN3O4S. The molecule has 3 aromatic carbocycles. The summed E-state index contributed by atoms with van der Waals surface area (Å²) < 4.78 is 40.3. The van der Waals surface area contributed by atoms with Crippen molar-refractivity contribution in [2.24, 2.45) is 0 Å². The second-order valence-corrected chi connectivity index (χ2v) is 12.6. The molecule has 3 rings (SSSR count). The molecule has 220 valence electrons. The van der Waals surface area contributed by atoms with Crippen LogP contribution in [-0.4, -0.2) is 50.5 Å². The van der Waals surface area contributed by atoms with Crippen LogP contribution in [0, 0.1) is 5.82 Å². The fraction of sp³-hybridized carbons (Fsp3) is 0.310. The molecule has 0 unspecified atom stereocenters. The number of rotatable bonds is 13. The van der Waals surface area contributed by atoms with E-state index in [4.69, 9.17) is 34.8 Å². The molecule has 12 heteroatoms. The normalized spacial score (nSPS) is 12.0. The molecule has 1 N–H and O–H groups in total. The van der Waals surface area contributed by atoms with Crippen molar-refractivity contribution < 1.29 is 22.4 Å². The second kappa shape index (κ2) is 14.9. The summed E-state index contributed by atoms with van der Waals surface area (Å²) in [6, 6.07) is 16.3. The zero-order chi connectivity index (χ0) is 30.2.